The number of benzene rings is 2. The summed E-state index contributed by atoms with van der Waals surface area (Å²) in [7, 11) is 0. The number of hydrogen-bond acceptors (Lipinski definition) is 3. The van der Waals surface area contributed by atoms with Gasteiger partial charge in [-0.3, -0.25) is 9.59 Å². The maximum atomic E-state index is 12.7. The van der Waals surface area contributed by atoms with E-state index in [2.05, 4.69) is 5.32 Å². The minimum atomic E-state index is -1.00. The van der Waals surface area contributed by atoms with Crippen molar-refractivity contribution in [1.82, 2.24) is 0 Å². The van der Waals surface area contributed by atoms with Crippen LogP contribution in [0.25, 0.3) is 10.8 Å². The number of carbonyl (C=O) groups excluding carboxylic acids is 1. The summed E-state index contributed by atoms with van der Waals surface area (Å²) in [5.74, 6) is -2.85. The van der Waals surface area contributed by atoms with Crippen molar-refractivity contribution in [1.29, 1.82) is 0 Å². The Balaban J connectivity index is 1.65. The number of rotatable bonds is 3. The molecular weight excluding hydrogens is 294 g/mol. The summed E-state index contributed by atoms with van der Waals surface area (Å²) in [6.07, 6.45) is 2.53. The van der Waals surface area contributed by atoms with E-state index in [1.54, 1.807) is 12.2 Å². The number of amides is 1. The van der Waals surface area contributed by atoms with E-state index < -0.39 is 30.0 Å². The minimum absolute atomic E-state index is 0.314. The Hall–Kier alpha value is -2.66. The van der Waals surface area contributed by atoms with Gasteiger partial charge in [0.05, 0.1) is 18.1 Å². The van der Waals surface area contributed by atoms with Crippen molar-refractivity contribution in [3.8, 4) is 0 Å². The van der Waals surface area contributed by atoms with Crippen LogP contribution in [0.3, 0.4) is 0 Å². The van der Waals surface area contributed by atoms with E-state index in [1.165, 1.54) is 0 Å². The van der Waals surface area contributed by atoms with Crippen molar-refractivity contribution in [2.45, 2.75) is 12.2 Å². The Bertz CT molecular complexity index is 823. The number of anilines is 1. The molecule has 2 aromatic rings. The third-order valence-corrected chi connectivity index (χ3v) is 4.53. The maximum Gasteiger partial charge on any atom is 0.310 e. The molecule has 2 N–H and O–H groups in total. The quantitative estimate of drug-likeness (QED) is 0.854. The van der Waals surface area contributed by atoms with Gasteiger partial charge in [-0.05, 0) is 11.5 Å². The zero-order valence-corrected chi connectivity index (χ0v) is 12.2. The van der Waals surface area contributed by atoms with E-state index in [0.29, 0.717) is 5.69 Å². The van der Waals surface area contributed by atoms with Gasteiger partial charge >= 0.3 is 5.97 Å². The lowest BCUT2D eigenvalue weighted by molar-refractivity contribution is -0.145. The molecule has 2 aliphatic heterocycles. The summed E-state index contributed by atoms with van der Waals surface area (Å²) < 4.78 is 5.55. The fraction of sp³-hybridized carbons (Fsp3) is 0.222. The summed E-state index contributed by atoms with van der Waals surface area (Å²) in [5, 5.41) is 14.2. The smallest absolute Gasteiger partial charge is 0.310 e. The SMILES string of the molecule is O=C(O)[C@@H]1[C@@H](C(=O)Nc2cccc3ccccc23)[C@H]2C=C[C@@H]1O2. The van der Waals surface area contributed by atoms with E-state index in [0.717, 1.165) is 10.8 Å². The molecule has 1 saturated heterocycles. The van der Waals surface area contributed by atoms with Gasteiger partial charge in [0.15, 0.2) is 0 Å². The third kappa shape index (κ3) is 2.21. The number of fused-ring (bicyclic) bond motifs is 3. The number of ether oxygens (including phenoxy) is 1. The lowest BCUT2D eigenvalue weighted by Gasteiger charge is -2.21. The largest absolute Gasteiger partial charge is 0.481 e. The molecule has 1 fully saturated rings. The molecule has 23 heavy (non-hydrogen) atoms. The Labute approximate surface area is 132 Å². The van der Waals surface area contributed by atoms with Gasteiger partial charge in [0.2, 0.25) is 5.91 Å². The third-order valence-electron chi connectivity index (χ3n) is 4.53. The van der Waals surface area contributed by atoms with Crippen molar-refractivity contribution in [2.75, 3.05) is 5.32 Å². The standard InChI is InChI=1S/C18H15NO4/c20-17(15-13-8-9-14(23-13)16(15)18(21)22)19-12-7-3-5-10-4-1-2-6-11(10)12/h1-9,13-16H,(H,19,20)(H,21,22)/t13-,14+,15+,16+/m1/s1. The second-order valence-corrected chi connectivity index (χ2v) is 5.86. The molecule has 116 valence electrons. The highest BCUT2D eigenvalue weighted by Crippen LogP contribution is 2.40. The fourth-order valence-electron chi connectivity index (χ4n) is 3.47. The Morgan fingerprint density at radius 1 is 0.957 bits per heavy atom. The summed E-state index contributed by atoms with van der Waals surface area (Å²) in [6, 6.07) is 13.4. The van der Waals surface area contributed by atoms with Crippen molar-refractivity contribution < 1.29 is 19.4 Å². The molecule has 0 radical (unpaired) electrons. The molecule has 4 rings (SSSR count). The van der Waals surface area contributed by atoms with Crippen LogP contribution in [0.4, 0.5) is 5.69 Å². The molecule has 0 aliphatic carbocycles. The first-order valence-electron chi connectivity index (χ1n) is 7.50. The van der Waals surface area contributed by atoms with Gasteiger partial charge in [-0.15, -0.1) is 0 Å². The van der Waals surface area contributed by atoms with Gasteiger partial charge in [-0.2, -0.15) is 0 Å². The second kappa shape index (κ2) is 5.21. The highest BCUT2D eigenvalue weighted by atomic mass is 16.5. The van der Waals surface area contributed by atoms with Crippen molar-refractivity contribution >= 4 is 28.3 Å². The Kier molecular flexibility index (Phi) is 3.16. The first-order valence-corrected chi connectivity index (χ1v) is 7.50. The number of carboxylic acid groups (broad SMARTS) is 1. The highest BCUT2D eigenvalue weighted by molar-refractivity contribution is 6.04. The average Bonchev–Trinajstić information content (AvgIpc) is 3.16. The summed E-state index contributed by atoms with van der Waals surface area (Å²) in [4.78, 5) is 24.2. The lowest BCUT2D eigenvalue weighted by Crippen LogP contribution is -2.39. The van der Waals surface area contributed by atoms with Gasteiger partial charge in [-0.1, -0.05) is 48.6 Å². The van der Waals surface area contributed by atoms with Crippen LogP contribution in [-0.4, -0.2) is 29.2 Å². The molecule has 5 nitrogen and oxygen atoms in total. The maximum absolute atomic E-state index is 12.7. The molecular formula is C18H15NO4. The molecule has 5 heteroatoms. The van der Waals surface area contributed by atoms with Crippen molar-refractivity contribution in [3.63, 3.8) is 0 Å². The average molecular weight is 309 g/mol. The predicted molar refractivity (Wildman–Crippen MR) is 85.0 cm³/mol. The monoisotopic (exact) mass is 309 g/mol. The molecule has 2 aromatic carbocycles. The normalized spacial score (nSPS) is 28.2. The van der Waals surface area contributed by atoms with Crippen LogP contribution in [-0.2, 0) is 14.3 Å². The van der Waals surface area contributed by atoms with Gasteiger partial charge in [0.25, 0.3) is 0 Å². The van der Waals surface area contributed by atoms with Crippen LogP contribution in [0.2, 0.25) is 0 Å². The topological polar surface area (TPSA) is 75.6 Å². The van der Waals surface area contributed by atoms with Crippen molar-refractivity contribution in [3.05, 3.63) is 54.6 Å². The van der Waals surface area contributed by atoms with E-state index >= 15 is 0 Å². The van der Waals surface area contributed by atoms with E-state index in [9.17, 15) is 14.7 Å². The fourth-order valence-corrected chi connectivity index (χ4v) is 3.47. The summed E-state index contributed by atoms with van der Waals surface area (Å²) in [5.41, 5.74) is 0.684. The predicted octanol–water partition coefficient (Wildman–Crippen LogP) is 2.43. The lowest BCUT2D eigenvalue weighted by atomic mass is 9.82. The number of hydrogen-bond donors (Lipinski definition) is 2. The first kappa shape index (κ1) is 14.0. The molecule has 4 atom stereocenters. The van der Waals surface area contributed by atoms with Crippen LogP contribution in [0.1, 0.15) is 0 Å². The Morgan fingerprint density at radius 3 is 2.43 bits per heavy atom. The molecule has 2 heterocycles. The summed E-state index contributed by atoms with van der Waals surface area (Å²) in [6.45, 7) is 0. The molecule has 1 amide bonds. The highest BCUT2D eigenvalue weighted by Gasteiger charge is 2.53. The number of aliphatic carboxylic acids is 1. The van der Waals surface area contributed by atoms with E-state index in [4.69, 9.17) is 4.74 Å². The minimum Gasteiger partial charge on any atom is -0.481 e. The van der Waals surface area contributed by atoms with Crippen LogP contribution < -0.4 is 5.32 Å². The number of carboxylic acids is 1. The molecule has 0 saturated carbocycles. The molecule has 0 aromatic heterocycles. The number of nitrogens with one attached hydrogen (secondary N) is 1. The van der Waals surface area contributed by atoms with Gasteiger partial charge in [0, 0.05) is 11.1 Å². The van der Waals surface area contributed by atoms with Gasteiger partial charge in [-0.25, -0.2) is 0 Å². The zero-order valence-electron chi connectivity index (χ0n) is 12.2. The molecule has 0 unspecified atom stereocenters. The van der Waals surface area contributed by atoms with Crippen LogP contribution >= 0.6 is 0 Å². The van der Waals surface area contributed by atoms with Gasteiger partial charge in [0.1, 0.15) is 5.92 Å². The second-order valence-electron chi connectivity index (χ2n) is 5.86. The molecule has 2 bridgehead atoms. The Morgan fingerprint density at radius 2 is 1.65 bits per heavy atom. The zero-order chi connectivity index (χ0) is 16.0. The van der Waals surface area contributed by atoms with E-state index in [-0.39, 0.29) is 5.91 Å². The first-order chi connectivity index (χ1) is 11.1. The summed E-state index contributed by atoms with van der Waals surface area (Å²) >= 11 is 0. The number of carbonyl (C=O) groups is 2. The van der Waals surface area contributed by atoms with Crippen LogP contribution in [0.15, 0.2) is 54.6 Å². The van der Waals surface area contributed by atoms with Crippen LogP contribution in [0, 0.1) is 11.8 Å². The van der Waals surface area contributed by atoms with E-state index in [1.807, 2.05) is 42.5 Å². The van der Waals surface area contributed by atoms with Crippen LogP contribution in [0.5, 0.6) is 0 Å². The van der Waals surface area contributed by atoms with Crippen molar-refractivity contribution in [2.24, 2.45) is 11.8 Å². The molecule has 0 spiro atoms. The molecule has 2 aliphatic rings. The van der Waals surface area contributed by atoms with Gasteiger partial charge < -0.3 is 15.2 Å².